The summed E-state index contributed by atoms with van der Waals surface area (Å²) in [6.07, 6.45) is 2.74. The van der Waals surface area contributed by atoms with Crippen LogP contribution in [0.5, 0.6) is 0 Å². The zero-order chi connectivity index (χ0) is 17.9. The molecular weight excluding hydrogens is 312 g/mol. The van der Waals surface area contributed by atoms with E-state index < -0.39 is 4.92 Å². The van der Waals surface area contributed by atoms with E-state index in [0.29, 0.717) is 13.1 Å². The third-order valence-corrected chi connectivity index (χ3v) is 4.04. The Hall–Kier alpha value is -2.71. The second-order valence-corrected chi connectivity index (χ2v) is 5.68. The van der Waals surface area contributed by atoms with Crippen LogP contribution >= 0.6 is 0 Å². The third kappa shape index (κ3) is 3.79. The molecule has 9 nitrogen and oxygen atoms in total. The number of aryl methyl sites for hydroxylation is 3. The zero-order valence-corrected chi connectivity index (χ0v) is 14.4. The highest BCUT2D eigenvalue weighted by Crippen LogP contribution is 2.15. The first-order valence-corrected chi connectivity index (χ1v) is 7.77. The average molecular weight is 334 g/mol. The minimum absolute atomic E-state index is 0.0452. The smallest absolute Gasteiger partial charge is 0.306 e. The summed E-state index contributed by atoms with van der Waals surface area (Å²) in [5.74, 6) is -0.0452. The van der Waals surface area contributed by atoms with Gasteiger partial charge in [-0.1, -0.05) is 0 Å². The highest BCUT2D eigenvalue weighted by molar-refractivity contribution is 5.75. The van der Waals surface area contributed by atoms with Gasteiger partial charge in [0.05, 0.1) is 10.6 Å². The molecule has 0 bridgehead atoms. The molecule has 0 aromatic carbocycles. The molecule has 0 saturated carbocycles. The van der Waals surface area contributed by atoms with E-state index in [4.69, 9.17) is 0 Å². The fraction of sp³-hybridized carbons (Fsp3) is 0.533. The summed E-state index contributed by atoms with van der Waals surface area (Å²) < 4.78 is 3.33. The highest BCUT2D eigenvalue weighted by atomic mass is 16.6. The van der Waals surface area contributed by atoms with Crippen molar-refractivity contribution in [1.29, 1.82) is 0 Å². The number of amides is 1. The van der Waals surface area contributed by atoms with Crippen LogP contribution < -0.4 is 0 Å². The Bertz CT molecular complexity index is 748. The summed E-state index contributed by atoms with van der Waals surface area (Å²) in [5, 5.41) is 19.0. The molecule has 0 spiro atoms. The minimum Gasteiger partial charge on any atom is -0.341 e. The van der Waals surface area contributed by atoms with E-state index in [2.05, 4.69) is 10.2 Å². The van der Waals surface area contributed by atoms with Crippen molar-refractivity contribution in [1.82, 2.24) is 24.5 Å². The summed E-state index contributed by atoms with van der Waals surface area (Å²) >= 11 is 0. The normalized spacial score (nSPS) is 10.8. The molecule has 0 saturated heterocycles. The van der Waals surface area contributed by atoms with Gasteiger partial charge in [-0.25, -0.2) is 0 Å². The van der Waals surface area contributed by atoms with E-state index in [9.17, 15) is 14.9 Å². The topological polar surface area (TPSA) is 99.1 Å². The van der Waals surface area contributed by atoms with Crippen molar-refractivity contribution in [3.05, 3.63) is 39.5 Å². The van der Waals surface area contributed by atoms with Gasteiger partial charge in [-0.3, -0.25) is 24.3 Å². The van der Waals surface area contributed by atoms with Crippen LogP contribution in [0.3, 0.4) is 0 Å². The maximum Gasteiger partial charge on any atom is 0.306 e. The minimum atomic E-state index is -0.506. The maximum atomic E-state index is 12.3. The van der Waals surface area contributed by atoms with E-state index in [1.165, 1.54) is 17.1 Å². The van der Waals surface area contributed by atoms with E-state index in [0.717, 1.165) is 23.5 Å². The van der Waals surface area contributed by atoms with Gasteiger partial charge in [-0.2, -0.15) is 10.2 Å². The Kier molecular flexibility index (Phi) is 5.32. The Balaban J connectivity index is 1.94. The first-order chi connectivity index (χ1) is 11.3. The SMILES string of the molecule is CCn1nc(C)c(CN(C)C(=O)CCn2cc([N+](=O)[O-])cn2)c1C. The Morgan fingerprint density at radius 3 is 2.67 bits per heavy atom. The van der Waals surface area contributed by atoms with Crippen LogP contribution in [0, 0.1) is 24.0 Å². The first-order valence-electron chi connectivity index (χ1n) is 7.77. The van der Waals surface area contributed by atoms with E-state index >= 15 is 0 Å². The number of aromatic nitrogens is 4. The van der Waals surface area contributed by atoms with Crippen LogP contribution in [-0.2, 0) is 24.4 Å². The predicted molar refractivity (Wildman–Crippen MR) is 87.3 cm³/mol. The first kappa shape index (κ1) is 17.6. The van der Waals surface area contributed by atoms with Crippen molar-refractivity contribution >= 4 is 11.6 Å². The molecule has 2 aromatic rings. The van der Waals surface area contributed by atoms with Gasteiger partial charge in [0.2, 0.25) is 5.91 Å². The highest BCUT2D eigenvalue weighted by Gasteiger charge is 2.16. The Morgan fingerprint density at radius 1 is 1.42 bits per heavy atom. The lowest BCUT2D eigenvalue weighted by Gasteiger charge is -2.17. The summed E-state index contributed by atoms with van der Waals surface area (Å²) in [7, 11) is 1.75. The quantitative estimate of drug-likeness (QED) is 0.566. The van der Waals surface area contributed by atoms with Gasteiger partial charge >= 0.3 is 5.69 Å². The third-order valence-electron chi connectivity index (χ3n) is 4.04. The fourth-order valence-corrected chi connectivity index (χ4v) is 2.57. The molecule has 24 heavy (non-hydrogen) atoms. The van der Waals surface area contributed by atoms with Crippen LogP contribution in [0.25, 0.3) is 0 Å². The molecule has 0 radical (unpaired) electrons. The van der Waals surface area contributed by atoms with Crippen LogP contribution in [0.1, 0.15) is 30.3 Å². The van der Waals surface area contributed by atoms with Crippen molar-refractivity contribution in [2.45, 2.75) is 46.8 Å². The molecule has 2 heterocycles. The molecule has 0 aliphatic carbocycles. The Labute approximate surface area is 140 Å². The predicted octanol–water partition coefficient (Wildman–Crippen LogP) is 1.67. The second-order valence-electron chi connectivity index (χ2n) is 5.68. The standard InChI is InChI=1S/C15H22N6O3/c1-5-20-12(3)14(11(2)17-20)10-18(4)15(22)6-7-19-9-13(8-16-19)21(23)24/h8-9H,5-7,10H2,1-4H3. The summed E-state index contributed by atoms with van der Waals surface area (Å²) in [4.78, 5) is 24.0. The number of hydrogen-bond donors (Lipinski definition) is 0. The van der Waals surface area contributed by atoms with E-state index in [1.807, 2.05) is 25.5 Å². The molecule has 0 aliphatic heterocycles. The lowest BCUT2D eigenvalue weighted by atomic mass is 10.2. The van der Waals surface area contributed by atoms with E-state index in [1.54, 1.807) is 11.9 Å². The fourth-order valence-electron chi connectivity index (χ4n) is 2.57. The monoisotopic (exact) mass is 334 g/mol. The lowest BCUT2D eigenvalue weighted by molar-refractivity contribution is -0.385. The van der Waals surface area contributed by atoms with Gasteiger partial charge in [-0.05, 0) is 20.8 Å². The summed E-state index contributed by atoms with van der Waals surface area (Å²) in [6.45, 7) is 7.57. The molecule has 1 amide bonds. The van der Waals surface area contributed by atoms with Crippen LogP contribution in [0.2, 0.25) is 0 Å². The van der Waals surface area contributed by atoms with Gasteiger partial charge in [0, 0.05) is 44.4 Å². The average Bonchev–Trinajstić information content (AvgIpc) is 3.12. The van der Waals surface area contributed by atoms with Crippen LogP contribution in [0.4, 0.5) is 5.69 Å². The Morgan fingerprint density at radius 2 is 2.12 bits per heavy atom. The van der Waals surface area contributed by atoms with Gasteiger partial charge in [0.1, 0.15) is 12.4 Å². The van der Waals surface area contributed by atoms with Gasteiger partial charge < -0.3 is 4.90 Å². The van der Waals surface area contributed by atoms with Gasteiger partial charge in [-0.15, -0.1) is 0 Å². The molecular formula is C15H22N6O3. The number of rotatable bonds is 7. The van der Waals surface area contributed by atoms with E-state index in [-0.39, 0.29) is 18.0 Å². The van der Waals surface area contributed by atoms with Crippen molar-refractivity contribution in [3.63, 3.8) is 0 Å². The molecule has 0 fully saturated rings. The maximum absolute atomic E-state index is 12.3. The molecule has 130 valence electrons. The van der Waals surface area contributed by atoms with Crippen molar-refractivity contribution in [3.8, 4) is 0 Å². The summed E-state index contributed by atoms with van der Waals surface area (Å²) in [6, 6.07) is 0. The second kappa shape index (κ2) is 7.24. The molecule has 0 unspecified atom stereocenters. The number of carbonyl (C=O) groups is 1. The molecule has 2 aromatic heterocycles. The van der Waals surface area contributed by atoms with Crippen LogP contribution in [0.15, 0.2) is 12.4 Å². The molecule has 0 atom stereocenters. The van der Waals surface area contributed by atoms with Gasteiger partial charge in [0.25, 0.3) is 0 Å². The lowest BCUT2D eigenvalue weighted by Crippen LogP contribution is -2.27. The molecule has 0 aliphatic rings. The van der Waals surface area contributed by atoms with Crippen LogP contribution in [-0.4, -0.2) is 42.3 Å². The molecule has 9 heteroatoms. The number of carbonyl (C=O) groups excluding carboxylic acids is 1. The van der Waals surface area contributed by atoms with Crippen molar-refractivity contribution in [2.75, 3.05) is 7.05 Å². The molecule has 0 N–H and O–H groups in total. The number of hydrogen-bond acceptors (Lipinski definition) is 5. The van der Waals surface area contributed by atoms with Gasteiger partial charge in [0.15, 0.2) is 0 Å². The number of nitrogens with zero attached hydrogens (tertiary/aromatic N) is 6. The zero-order valence-electron chi connectivity index (χ0n) is 14.4. The van der Waals surface area contributed by atoms with Crippen molar-refractivity contribution < 1.29 is 9.72 Å². The molecule has 2 rings (SSSR count). The largest absolute Gasteiger partial charge is 0.341 e. The summed E-state index contributed by atoms with van der Waals surface area (Å²) in [5.41, 5.74) is 2.98. The van der Waals surface area contributed by atoms with Crippen molar-refractivity contribution in [2.24, 2.45) is 0 Å². The number of nitro groups is 1.